The summed E-state index contributed by atoms with van der Waals surface area (Å²) in [5.74, 6) is -0.00269. The van der Waals surface area contributed by atoms with Crippen molar-refractivity contribution < 1.29 is 4.79 Å². The molecule has 1 amide bonds. The van der Waals surface area contributed by atoms with Crippen molar-refractivity contribution in [1.82, 2.24) is 0 Å². The molecule has 2 N–H and O–H groups in total. The predicted molar refractivity (Wildman–Crippen MR) is 42.4 cm³/mol. The van der Waals surface area contributed by atoms with Crippen LogP contribution >= 0.6 is 0 Å². The molecule has 0 saturated carbocycles. The first-order chi connectivity index (χ1) is 5.36. The Balaban J connectivity index is 2.41. The van der Waals surface area contributed by atoms with E-state index in [1.54, 1.807) is 6.07 Å². The molecule has 0 aliphatic carbocycles. The minimum Gasteiger partial charge on any atom is -0.374 e. The highest BCUT2D eigenvalue weighted by Gasteiger charge is 2.11. The van der Waals surface area contributed by atoms with E-state index >= 15 is 0 Å². The molecule has 11 heavy (non-hydrogen) atoms. The van der Waals surface area contributed by atoms with Gasteiger partial charge in [0.05, 0.1) is 17.9 Å². The molecule has 1 aliphatic rings. The first-order valence-electron chi connectivity index (χ1n) is 3.40. The van der Waals surface area contributed by atoms with Crippen LogP contribution in [0.5, 0.6) is 0 Å². The lowest BCUT2D eigenvalue weighted by atomic mass is 10.2. The first kappa shape index (κ1) is 6.22. The number of rotatable bonds is 0. The third-order valence-corrected chi connectivity index (χ3v) is 1.58. The Morgan fingerprint density at radius 2 is 2.36 bits per heavy atom. The summed E-state index contributed by atoms with van der Waals surface area (Å²) in [6.07, 6.45) is 0. The Morgan fingerprint density at radius 1 is 1.45 bits per heavy atom. The quantitative estimate of drug-likeness (QED) is 0.571. The van der Waals surface area contributed by atoms with E-state index in [-0.39, 0.29) is 5.91 Å². The predicted octanol–water partition coefficient (Wildman–Crippen LogP) is 0.851. The largest absolute Gasteiger partial charge is 0.374 e. The van der Waals surface area contributed by atoms with E-state index < -0.39 is 0 Å². The third kappa shape index (κ3) is 1.05. The molecule has 3 nitrogen and oxygen atoms in total. The number of carbonyl (C=O) groups excluding carboxylic acids is 1. The molecule has 1 aromatic carbocycles. The third-order valence-electron chi connectivity index (χ3n) is 1.58. The van der Waals surface area contributed by atoms with Crippen LogP contribution in [0.25, 0.3) is 0 Å². The molecule has 1 radical (unpaired) electrons. The van der Waals surface area contributed by atoms with Gasteiger partial charge in [-0.2, -0.15) is 0 Å². The fraction of sp³-hybridized carbons (Fsp3) is 0.125. The van der Waals surface area contributed by atoms with E-state index in [0.29, 0.717) is 6.54 Å². The molecule has 0 atom stereocenters. The zero-order valence-electron chi connectivity index (χ0n) is 5.85. The SMILES string of the molecule is O=C1CNc2cc[c]cc2N1. The molecule has 0 spiro atoms. The van der Waals surface area contributed by atoms with E-state index in [9.17, 15) is 4.79 Å². The monoisotopic (exact) mass is 147 g/mol. The number of fused-ring (bicyclic) bond motifs is 1. The Bertz CT molecular complexity index is 296. The molecule has 2 rings (SSSR count). The molecule has 0 bridgehead atoms. The standard InChI is InChI=1S/C8H7N2O/c11-8-5-9-6-3-1-2-4-7(6)10-8/h1,3-4,9H,5H2,(H,10,11). The number of hydrogen-bond donors (Lipinski definition) is 2. The lowest BCUT2D eigenvalue weighted by molar-refractivity contribution is -0.114. The van der Waals surface area contributed by atoms with Gasteiger partial charge in [-0.1, -0.05) is 6.07 Å². The summed E-state index contributed by atoms with van der Waals surface area (Å²) in [5, 5.41) is 5.71. The van der Waals surface area contributed by atoms with Gasteiger partial charge in [0.2, 0.25) is 5.91 Å². The fourth-order valence-corrected chi connectivity index (χ4v) is 1.06. The summed E-state index contributed by atoms with van der Waals surface area (Å²) in [7, 11) is 0. The van der Waals surface area contributed by atoms with Gasteiger partial charge in [0.1, 0.15) is 0 Å². The van der Waals surface area contributed by atoms with Crippen molar-refractivity contribution in [2.45, 2.75) is 0 Å². The van der Waals surface area contributed by atoms with Crippen LogP contribution in [-0.4, -0.2) is 12.5 Å². The number of anilines is 2. The summed E-state index contributed by atoms with van der Waals surface area (Å²) in [6, 6.07) is 8.33. The number of hydrogen-bond acceptors (Lipinski definition) is 2. The Hall–Kier alpha value is -1.51. The van der Waals surface area contributed by atoms with Crippen molar-refractivity contribution >= 4 is 17.3 Å². The average molecular weight is 147 g/mol. The lowest BCUT2D eigenvalue weighted by Gasteiger charge is -2.17. The molecule has 0 aromatic heterocycles. The van der Waals surface area contributed by atoms with Crippen LogP contribution in [0.3, 0.4) is 0 Å². The van der Waals surface area contributed by atoms with Crippen molar-refractivity contribution in [3.63, 3.8) is 0 Å². The fourth-order valence-electron chi connectivity index (χ4n) is 1.06. The first-order valence-corrected chi connectivity index (χ1v) is 3.40. The highest BCUT2D eigenvalue weighted by molar-refractivity contribution is 6.00. The minimum absolute atomic E-state index is 0.00269. The Morgan fingerprint density at radius 3 is 3.27 bits per heavy atom. The van der Waals surface area contributed by atoms with Gasteiger partial charge in [-0.25, -0.2) is 0 Å². The second-order valence-corrected chi connectivity index (χ2v) is 2.37. The maximum Gasteiger partial charge on any atom is 0.243 e. The molecule has 1 aliphatic heterocycles. The van der Waals surface area contributed by atoms with E-state index in [0.717, 1.165) is 11.4 Å². The highest BCUT2D eigenvalue weighted by atomic mass is 16.2. The molecule has 1 aromatic rings. The van der Waals surface area contributed by atoms with Gasteiger partial charge in [-0.3, -0.25) is 4.79 Å². The van der Waals surface area contributed by atoms with Crippen LogP contribution < -0.4 is 10.6 Å². The maximum atomic E-state index is 10.8. The summed E-state index contributed by atoms with van der Waals surface area (Å²) in [6.45, 7) is 0.358. The van der Waals surface area contributed by atoms with Crippen LogP contribution in [0.15, 0.2) is 18.2 Å². The molecular weight excluding hydrogens is 140 g/mol. The van der Waals surface area contributed by atoms with E-state index in [1.807, 2.05) is 12.1 Å². The van der Waals surface area contributed by atoms with Crippen molar-refractivity contribution in [1.29, 1.82) is 0 Å². The Labute approximate surface area is 64.4 Å². The van der Waals surface area contributed by atoms with Gasteiger partial charge in [0.25, 0.3) is 0 Å². The van der Waals surface area contributed by atoms with E-state index in [4.69, 9.17) is 0 Å². The second-order valence-electron chi connectivity index (χ2n) is 2.37. The van der Waals surface area contributed by atoms with Gasteiger partial charge < -0.3 is 10.6 Å². The number of benzene rings is 1. The van der Waals surface area contributed by atoms with Crippen LogP contribution in [0.1, 0.15) is 0 Å². The molecular formula is C8H7N2O. The zero-order valence-corrected chi connectivity index (χ0v) is 5.85. The van der Waals surface area contributed by atoms with Crippen LogP contribution in [-0.2, 0) is 4.79 Å². The van der Waals surface area contributed by atoms with E-state index in [2.05, 4.69) is 16.7 Å². The van der Waals surface area contributed by atoms with Crippen LogP contribution in [0.4, 0.5) is 11.4 Å². The van der Waals surface area contributed by atoms with Crippen LogP contribution in [0.2, 0.25) is 0 Å². The molecule has 0 saturated heterocycles. The van der Waals surface area contributed by atoms with Gasteiger partial charge in [0.15, 0.2) is 0 Å². The van der Waals surface area contributed by atoms with Crippen molar-refractivity contribution in [2.75, 3.05) is 17.2 Å². The smallest absolute Gasteiger partial charge is 0.243 e. The summed E-state index contributed by atoms with van der Waals surface area (Å²) in [5.41, 5.74) is 1.77. The van der Waals surface area contributed by atoms with Crippen molar-refractivity contribution in [3.8, 4) is 0 Å². The molecule has 0 fully saturated rings. The number of carbonyl (C=O) groups is 1. The minimum atomic E-state index is -0.00269. The van der Waals surface area contributed by atoms with Gasteiger partial charge in [-0.15, -0.1) is 0 Å². The van der Waals surface area contributed by atoms with Gasteiger partial charge in [-0.05, 0) is 18.2 Å². The normalized spacial score (nSPS) is 14.7. The Kier molecular flexibility index (Phi) is 1.28. The summed E-state index contributed by atoms with van der Waals surface area (Å²) < 4.78 is 0. The molecule has 1 heterocycles. The molecule has 3 heteroatoms. The van der Waals surface area contributed by atoms with Crippen molar-refractivity contribution in [3.05, 3.63) is 24.3 Å². The van der Waals surface area contributed by atoms with Gasteiger partial charge >= 0.3 is 0 Å². The highest BCUT2D eigenvalue weighted by Crippen LogP contribution is 2.22. The zero-order chi connectivity index (χ0) is 7.68. The number of nitrogens with one attached hydrogen (secondary N) is 2. The molecule has 55 valence electrons. The number of amides is 1. The van der Waals surface area contributed by atoms with Crippen LogP contribution in [0, 0.1) is 6.07 Å². The second kappa shape index (κ2) is 2.27. The lowest BCUT2D eigenvalue weighted by Crippen LogP contribution is -2.27. The molecule has 0 unspecified atom stereocenters. The average Bonchev–Trinajstić information content (AvgIpc) is 2.04. The maximum absolute atomic E-state index is 10.8. The summed E-state index contributed by atoms with van der Waals surface area (Å²) >= 11 is 0. The van der Waals surface area contributed by atoms with Gasteiger partial charge in [0, 0.05) is 0 Å². The van der Waals surface area contributed by atoms with Crippen molar-refractivity contribution in [2.24, 2.45) is 0 Å². The summed E-state index contributed by atoms with van der Waals surface area (Å²) in [4.78, 5) is 10.8. The van der Waals surface area contributed by atoms with E-state index in [1.165, 1.54) is 0 Å². The topological polar surface area (TPSA) is 41.1 Å².